The normalized spacial score (nSPS) is 18.3. The molecule has 0 saturated carbocycles. The maximum atomic E-state index is 13.1. The van der Waals surface area contributed by atoms with E-state index in [1.54, 1.807) is 0 Å². The van der Waals surface area contributed by atoms with Gasteiger partial charge in [-0.05, 0) is 12.1 Å². The number of fused-ring (bicyclic) bond motifs is 1. The van der Waals surface area contributed by atoms with Crippen LogP contribution in [0, 0.1) is 5.82 Å². The van der Waals surface area contributed by atoms with Gasteiger partial charge in [-0.15, -0.1) is 0 Å². The molecule has 0 spiro atoms. The highest BCUT2D eigenvalue weighted by Crippen LogP contribution is 2.39. The van der Waals surface area contributed by atoms with Crippen LogP contribution in [0.1, 0.15) is 10.4 Å². The van der Waals surface area contributed by atoms with E-state index in [9.17, 15) is 13.6 Å². The topological polar surface area (TPSA) is 61.6 Å². The van der Waals surface area contributed by atoms with Gasteiger partial charge in [0.05, 0.1) is 0 Å². The van der Waals surface area contributed by atoms with Crippen LogP contribution in [-0.4, -0.2) is 12.5 Å². The van der Waals surface area contributed by atoms with Crippen molar-refractivity contribution in [2.75, 3.05) is 0 Å². The zero-order valence-electron chi connectivity index (χ0n) is 6.79. The molecule has 74 valence electrons. The van der Waals surface area contributed by atoms with Crippen LogP contribution < -0.4 is 15.2 Å². The Labute approximate surface area is 77.2 Å². The number of ether oxygens (including phenoxy) is 2. The lowest BCUT2D eigenvalue weighted by Crippen LogP contribution is -2.15. The van der Waals surface area contributed by atoms with Crippen LogP contribution in [0.3, 0.4) is 0 Å². The van der Waals surface area contributed by atoms with E-state index in [1.165, 1.54) is 0 Å². The van der Waals surface area contributed by atoms with Gasteiger partial charge in [0.2, 0.25) is 0 Å². The highest BCUT2D eigenvalue weighted by molar-refractivity contribution is 5.97. The summed E-state index contributed by atoms with van der Waals surface area (Å²) < 4.78 is 34.6. The molecule has 1 unspecified atom stereocenters. The van der Waals surface area contributed by atoms with Crippen molar-refractivity contribution in [1.82, 2.24) is 0 Å². The number of halogens is 2. The minimum Gasteiger partial charge on any atom is -0.425 e. The molecular formula is C8H5F2NO3. The minimum atomic E-state index is -2.02. The van der Waals surface area contributed by atoms with E-state index in [4.69, 9.17) is 5.73 Å². The van der Waals surface area contributed by atoms with Crippen LogP contribution in [0.25, 0.3) is 0 Å². The summed E-state index contributed by atoms with van der Waals surface area (Å²) in [6.07, 6.45) is 0. The molecule has 1 amide bonds. The first-order valence-electron chi connectivity index (χ1n) is 3.69. The Morgan fingerprint density at radius 1 is 1.43 bits per heavy atom. The smallest absolute Gasteiger partial charge is 0.397 e. The molecular weight excluding hydrogens is 196 g/mol. The molecule has 0 aromatic heterocycles. The van der Waals surface area contributed by atoms with Crippen molar-refractivity contribution in [2.24, 2.45) is 5.73 Å². The first kappa shape index (κ1) is 8.74. The summed E-state index contributed by atoms with van der Waals surface area (Å²) in [6.45, 7) is -2.02. The van der Waals surface area contributed by atoms with Crippen molar-refractivity contribution in [3.8, 4) is 11.5 Å². The first-order valence-corrected chi connectivity index (χ1v) is 3.69. The van der Waals surface area contributed by atoms with Gasteiger partial charge in [0, 0.05) is 0 Å². The van der Waals surface area contributed by atoms with Gasteiger partial charge in [0.1, 0.15) is 11.4 Å². The summed E-state index contributed by atoms with van der Waals surface area (Å²) in [4.78, 5) is 10.8. The molecule has 1 aliphatic rings. The fourth-order valence-corrected chi connectivity index (χ4v) is 1.20. The Morgan fingerprint density at radius 3 is 2.79 bits per heavy atom. The summed E-state index contributed by atoms with van der Waals surface area (Å²) in [5.74, 6) is -2.22. The highest BCUT2D eigenvalue weighted by atomic mass is 19.2. The molecule has 0 aliphatic carbocycles. The van der Waals surface area contributed by atoms with Crippen LogP contribution in [0.15, 0.2) is 12.1 Å². The Bertz CT molecular complexity index is 408. The number of hydrogen-bond donors (Lipinski definition) is 1. The quantitative estimate of drug-likeness (QED) is 0.735. The third-order valence-electron chi connectivity index (χ3n) is 1.75. The van der Waals surface area contributed by atoms with E-state index in [0.717, 1.165) is 12.1 Å². The number of rotatable bonds is 1. The van der Waals surface area contributed by atoms with Gasteiger partial charge in [-0.25, -0.2) is 4.39 Å². The van der Waals surface area contributed by atoms with Crippen molar-refractivity contribution >= 4 is 5.91 Å². The molecule has 0 fully saturated rings. The number of carbonyl (C=O) groups is 1. The fourth-order valence-electron chi connectivity index (χ4n) is 1.20. The standard InChI is InChI=1S/C8H5F2NO3/c9-3-1-2-4-6(5(3)7(11)12)14-8(10)13-4/h1-2,8H,(H2,11,12). The number of alkyl halides is 1. The summed E-state index contributed by atoms with van der Waals surface area (Å²) in [5.41, 5.74) is 4.40. The zero-order valence-corrected chi connectivity index (χ0v) is 6.79. The van der Waals surface area contributed by atoms with Gasteiger partial charge >= 0.3 is 6.54 Å². The van der Waals surface area contributed by atoms with Gasteiger partial charge in [-0.2, -0.15) is 4.39 Å². The third-order valence-corrected chi connectivity index (χ3v) is 1.75. The van der Waals surface area contributed by atoms with E-state index in [0.29, 0.717) is 0 Å². The summed E-state index contributed by atoms with van der Waals surface area (Å²) in [7, 11) is 0. The van der Waals surface area contributed by atoms with Crippen molar-refractivity contribution < 1.29 is 23.0 Å². The Hall–Kier alpha value is -1.85. The van der Waals surface area contributed by atoms with Crippen LogP contribution in [-0.2, 0) is 0 Å². The molecule has 1 aliphatic heterocycles. The molecule has 0 saturated heterocycles. The summed E-state index contributed by atoms with van der Waals surface area (Å²) >= 11 is 0. The molecule has 1 atom stereocenters. The van der Waals surface area contributed by atoms with E-state index < -0.39 is 23.8 Å². The Balaban J connectivity index is 2.60. The second kappa shape index (κ2) is 2.83. The second-order valence-corrected chi connectivity index (χ2v) is 2.62. The van der Waals surface area contributed by atoms with Crippen molar-refractivity contribution in [1.29, 1.82) is 0 Å². The van der Waals surface area contributed by atoms with Crippen LogP contribution in [0.2, 0.25) is 0 Å². The van der Waals surface area contributed by atoms with E-state index >= 15 is 0 Å². The van der Waals surface area contributed by atoms with Gasteiger partial charge in [-0.3, -0.25) is 4.79 Å². The van der Waals surface area contributed by atoms with Gasteiger partial charge in [0.15, 0.2) is 11.5 Å². The molecule has 4 nitrogen and oxygen atoms in total. The monoisotopic (exact) mass is 201 g/mol. The van der Waals surface area contributed by atoms with Crippen molar-refractivity contribution in [2.45, 2.75) is 6.54 Å². The number of hydrogen-bond acceptors (Lipinski definition) is 3. The predicted octanol–water partition coefficient (Wildman–Crippen LogP) is 0.949. The van der Waals surface area contributed by atoms with E-state index in [2.05, 4.69) is 9.47 Å². The number of benzene rings is 1. The summed E-state index contributed by atoms with van der Waals surface area (Å²) in [5, 5.41) is 0. The van der Waals surface area contributed by atoms with Gasteiger partial charge in [0.25, 0.3) is 5.91 Å². The number of primary amides is 1. The average Bonchev–Trinajstić information content (AvgIpc) is 2.43. The lowest BCUT2D eigenvalue weighted by molar-refractivity contribution is -0.0653. The maximum Gasteiger partial charge on any atom is 0.397 e. The maximum absolute atomic E-state index is 13.1. The first-order chi connectivity index (χ1) is 6.59. The molecule has 6 heteroatoms. The lowest BCUT2D eigenvalue weighted by atomic mass is 10.1. The van der Waals surface area contributed by atoms with Crippen molar-refractivity contribution in [3.05, 3.63) is 23.5 Å². The molecule has 14 heavy (non-hydrogen) atoms. The molecule has 0 bridgehead atoms. The average molecular weight is 201 g/mol. The van der Waals surface area contributed by atoms with Crippen LogP contribution in [0.5, 0.6) is 11.5 Å². The van der Waals surface area contributed by atoms with Crippen LogP contribution >= 0.6 is 0 Å². The third kappa shape index (κ3) is 1.15. The van der Waals surface area contributed by atoms with Crippen molar-refractivity contribution in [3.63, 3.8) is 0 Å². The minimum absolute atomic E-state index is 0.0345. The molecule has 1 aromatic carbocycles. The zero-order chi connectivity index (χ0) is 10.3. The van der Waals surface area contributed by atoms with Gasteiger partial charge < -0.3 is 15.2 Å². The number of nitrogens with two attached hydrogens (primary N) is 1. The lowest BCUT2D eigenvalue weighted by Gasteiger charge is -2.02. The van der Waals surface area contributed by atoms with E-state index in [1.807, 2.05) is 0 Å². The Kier molecular flexibility index (Phi) is 1.77. The molecule has 1 aromatic rings. The molecule has 2 rings (SSSR count). The Morgan fingerprint density at radius 2 is 2.14 bits per heavy atom. The number of carbonyl (C=O) groups excluding carboxylic acids is 1. The van der Waals surface area contributed by atoms with E-state index in [-0.39, 0.29) is 11.5 Å². The predicted molar refractivity (Wildman–Crippen MR) is 41.1 cm³/mol. The summed E-state index contributed by atoms with van der Waals surface area (Å²) in [6, 6.07) is 2.12. The molecule has 2 N–H and O–H groups in total. The largest absolute Gasteiger partial charge is 0.425 e. The molecule has 1 heterocycles. The molecule has 0 radical (unpaired) electrons. The fraction of sp³-hybridized carbons (Fsp3) is 0.125. The van der Waals surface area contributed by atoms with Gasteiger partial charge in [-0.1, -0.05) is 0 Å². The SMILES string of the molecule is NC(=O)c1c(F)ccc2c1OC(F)O2. The number of amides is 1. The highest BCUT2D eigenvalue weighted by Gasteiger charge is 2.30. The van der Waals surface area contributed by atoms with Crippen LogP contribution in [0.4, 0.5) is 8.78 Å². The second-order valence-electron chi connectivity index (χ2n) is 2.62.